The highest BCUT2D eigenvalue weighted by molar-refractivity contribution is 5.32. The zero-order valence-corrected chi connectivity index (χ0v) is 10.2. The Bertz CT molecular complexity index is 461. The number of likely N-dealkylation sites (N-methyl/N-ethyl adjacent to an activating group) is 1. The standard InChI is InChI=1S/C13H18N4/c1-16(2)10-13(11-6-4-3-5-7-11)17-9-12(14)8-15-17/h3-9,13H,10,14H2,1-2H3. The SMILES string of the molecule is CN(C)CC(c1ccccc1)n1cc(N)cn1. The first-order valence-electron chi connectivity index (χ1n) is 5.66. The van der Waals surface area contributed by atoms with Gasteiger partial charge in [-0.15, -0.1) is 0 Å². The van der Waals surface area contributed by atoms with E-state index < -0.39 is 0 Å². The van der Waals surface area contributed by atoms with E-state index in [9.17, 15) is 0 Å². The first-order chi connectivity index (χ1) is 8.16. The third kappa shape index (κ3) is 2.85. The quantitative estimate of drug-likeness (QED) is 0.868. The maximum Gasteiger partial charge on any atom is 0.0895 e. The van der Waals surface area contributed by atoms with Crippen LogP contribution in [0, 0.1) is 0 Å². The van der Waals surface area contributed by atoms with Crippen LogP contribution in [0.1, 0.15) is 11.6 Å². The second-order valence-electron chi connectivity index (χ2n) is 4.44. The van der Waals surface area contributed by atoms with Gasteiger partial charge in [0.1, 0.15) is 0 Å². The second-order valence-corrected chi connectivity index (χ2v) is 4.44. The van der Waals surface area contributed by atoms with Gasteiger partial charge in [-0.1, -0.05) is 30.3 Å². The number of hydrogen-bond donors (Lipinski definition) is 1. The van der Waals surface area contributed by atoms with E-state index in [1.807, 2.05) is 29.1 Å². The van der Waals surface area contributed by atoms with E-state index in [-0.39, 0.29) is 6.04 Å². The molecular formula is C13H18N4. The molecule has 2 rings (SSSR count). The molecule has 17 heavy (non-hydrogen) atoms. The molecule has 1 heterocycles. The highest BCUT2D eigenvalue weighted by Gasteiger charge is 2.15. The Kier molecular flexibility index (Phi) is 3.44. The zero-order valence-electron chi connectivity index (χ0n) is 10.2. The van der Waals surface area contributed by atoms with Crippen LogP contribution in [0.15, 0.2) is 42.7 Å². The smallest absolute Gasteiger partial charge is 0.0895 e. The van der Waals surface area contributed by atoms with Crippen molar-refractivity contribution < 1.29 is 0 Å². The number of nitrogen functional groups attached to an aromatic ring is 1. The summed E-state index contributed by atoms with van der Waals surface area (Å²) < 4.78 is 1.92. The topological polar surface area (TPSA) is 47.1 Å². The molecule has 0 aliphatic carbocycles. The highest BCUT2D eigenvalue weighted by atomic mass is 15.3. The molecule has 0 radical (unpaired) electrons. The number of hydrogen-bond acceptors (Lipinski definition) is 3. The van der Waals surface area contributed by atoms with Crippen LogP contribution in [0.4, 0.5) is 5.69 Å². The van der Waals surface area contributed by atoms with Crippen molar-refractivity contribution >= 4 is 5.69 Å². The molecule has 0 fully saturated rings. The Hall–Kier alpha value is -1.81. The van der Waals surface area contributed by atoms with Crippen molar-refractivity contribution in [3.63, 3.8) is 0 Å². The van der Waals surface area contributed by atoms with E-state index in [0.717, 1.165) is 6.54 Å². The molecule has 0 saturated carbocycles. The van der Waals surface area contributed by atoms with Gasteiger partial charge in [0.25, 0.3) is 0 Å². The number of aromatic nitrogens is 2. The van der Waals surface area contributed by atoms with Gasteiger partial charge in [0, 0.05) is 12.7 Å². The average Bonchev–Trinajstić information content (AvgIpc) is 2.73. The van der Waals surface area contributed by atoms with Crippen LogP contribution < -0.4 is 5.73 Å². The maximum atomic E-state index is 5.73. The lowest BCUT2D eigenvalue weighted by atomic mass is 10.1. The van der Waals surface area contributed by atoms with Crippen molar-refractivity contribution in [1.29, 1.82) is 0 Å². The number of nitrogens with two attached hydrogens (primary N) is 1. The normalized spacial score (nSPS) is 12.9. The molecule has 2 N–H and O–H groups in total. The molecule has 90 valence electrons. The molecule has 1 aromatic carbocycles. The lowest BCUT2D eigenvalue weighted by Gasteiger charge is -2.21. The molecule has 0 saturated heterocycles. The van der Waals surface area contributed by atoms with Gasteiger partial charge in [-0.2, -0.15) is 5.10 Å². The third-order valence-corrected chi connectivity index (χ3v) is 2.66. The summed E-state index contributed by atoms with van der Waals surface area (Å²) in [6, 6.07) is 10.5. The van der Waals surface area contributed by atoms with Crippen LogP contribution in [0.25, 0.3) is 0 Å². The second kappa shape index (κ2) is 5.01. The van der Waals surface area contributed by atoms with Gasteiger partial charge in [-0.05, 0) is 19.7 Å². The number of rotatable bonds is 4. The molecule has 0 bridgehead atoms. The lowest BCUT2D eigenvalue weighted by Crippen LogP contribution is -2.25. The Labute approximate surface area is 102 Å². The van der Waals surface area contributed by atoms with Crippen molar-refractivity contribution in [3.05, 3.63) is 48.3 Å². The van der Waals surface area contributed by atoms with E-state index in [4.69, 9.17) is 5.73 Å². The molecule has 4 nitrogen and oxygen atoms in total. The van der Waals surface area contributed by atoms with Crippen LogP contribution >= 0.6 is 0 Å². The summed E-state index contributed by atoms with van der Waals surface area (Å²) in [7, 11) is 4.12. The predicted octanol–water partition coefficient (Wildman–Crippen LogP) is 1.62. The number of nitrogens with zero attached hydrogens (tertiary/aromatic N) is 3. The molecule has 0 spiro atoms. The fraction of sp³-hybridized carbons (Fsp3) is 0.308. The lowest BCUT2D eigenvalue weighted by molar-refractivity contribution is 0.337. The van der Waals surface area contributed by atoms with Gasteiger partial charge in [0.05, 0.1) is 17.9 Å². The Balaban J connectivity index is 2.32. The molecule has 0 aliphatic rings. The Morgan fingerprint density at radius 2 is 2.00 bits per heavy atom. The van der Waals surface area contributed by atoms with Crippen LogP contribution in [-0.4, -0.2) is 35.3 Å². The third-order valence-electron chi connectivity index (χ3n) is 2.66. The summed E-state index contributed by atoms with van der Waals surface area (Å²) in [6.07, 6.45) is 3.56. The van der Waals surface area contributed by atoms with Crippen molar-refractivity contribution in [2.75, 3.05) is 26.4 Å². The van der Waals surface area contributed by atoms with Gasteiger partial charge in [-0.25, -0.2) is 0 Å². The molecule has 4 heteroatoms. The Morgan fingerprint density at radius 3 is 2.53 bits per heavy atom. The van der Waals surface area contributed by atoms with Crippen LogP contribution in [0.2, 0.25) is 0 Å². The van der Waals surface area contributed by atoms with Crippen molar-refractivity contribution in [2.45, 2.75) is 6.04 Å². The van der Waals surface area contributed by atoms with Crippen molar-refractivity contribution in [2.24, 2.45) is 0 Å². The minimum Gasteiger partial charge on any atom is -0.396 e. The fourth-order valence-electron chi connectivity index (χ4n) is 1.89. The summed E-state index contributed by atoms with van der Waals surface area (Å²) in [5, 5.41) is 4.31. The molecule has 0 aliphatic heterocycles. The summed E-state index contributed by atoms with van der Waals surface area (Å²) in [5.41, 5.74) is 7.67. The number of benzene rings is 1. The van der Waals surface area contributed by atoms with Gasteiger partial charge >= 0.3 is 0 Å². The maximum absolute atomic E-state index is 5.73. The van der Waals surface area contributed by atoms with E-state index in [1.54, 1.807) is 6.20 Å². The Morgan fingerprint density at radius 1 is 1.29 bits per heavy atom. The van der Waals surface area contributed by atoms with Crippen LogP contribution in [-0.2, 0) is 0 Å². The molecule has 0 amide bonds. The minimum atomic E-state index is 0.198. The molecule has 1 unspecified atom stereocenters. The van der Waals surface area contributed by atoms with Crippen molar-refractivity contribution in [1.82, 2.24) is 14.7 Å². The average molecular weight is 230 g/mol. The zero-order chi connectivity index (χ0) is 12.3. The monoisotopic (exact) mass is 230 g/mol. The predicted molar refractivity (Wildman–Crippen MR) is 69.8 cm³/mol. The van der Waals surface area contributed by atoms with E-state index in [1.165, 1.54) is 5.56 Å². The highest BCUT2D eigenvalue weighted by Crippen LogP contribution is 2.19. The number of anilines is 1. The van der Waals surface area contributed by atoms with Gasteiger partial charge in [0.15, 0.2) is 0 Å². The molecular weight excluding hydrogens is 212 g/mol. The molecule has 1 aromatic heterocycles. The molecule has 2 aromatic rings. The minimum absolute atomic E-state index is 0.198. The van der Waals surface area contributed by atoms with Crippen molar-refractivity contribution in [3.8, 4) is 0 Å². The van der Waals surface area contributed by atoms with Crippen LogP contribution in [0.5, 0.6) is 0 Å². The first kappa shape index (κ1) is 11.7. The van der Waals surface area contributed by atoms with Crippen LogP contribution in [0.3, 0.4) is 0 Å². The van der Waals surface area contributed by atoms with E-state index >= 15 is 0 Å². The first-order valence-corrected chi connectivity index (χ1v) is 5.66. The van der Waals surface area contributed by atoms with Gasteiger partial charge < -0.3 is 10.6 Å². The van der Waals surface area contributed by atoms with E-state index in [2.05, 4.69) is 36.2 Å². The summed E-state index contributed by atoms with van der Waals surface area (Å²) in [6.45, 7) is 0.894. The van der Waals surface area contributed by atoms with E-state index in [0.29, 0.717) is 5.69 Å². The molecule has 1 atom stereocenters. The van der Waals surface area contributed by atoms with Gasteiger partial charge in [0.2, 0.25) is 0 Å². The fourth-order valence-corrected chi connectivity index (χ4v) is 1.89. The summed E-state index contributed by atoms with van der Waals surface area (Å²) in [5.74, 6) is 0. The van der Waals surface area contributed by atoms with Gasteiger partial charge in [-0.3, -0.25) is 4.68 Å². The largest absolute Gasteiger partial charge is 0.396 e. The summed E-state index contributed by atoms with van der Waals surface area (Å²) in [4.78, 5) is 2.15. The summed E-state index contributed by atoms with van der Waals surface area (Å²) >= 11 is 0.